The van der Waals surface area contributed by atoms with Crippen LogP contribution in [0.1, 0.15) is 25.7 Å². The third-order valence-electron chi connectivity index (χ3n) is 1.93. The minimum atomic E-state index is 1.20. The number of allylic oxidation sites excluding steroid dienone is 2. The molecule has 0 saturated heterocycles. The van der Waals surface area contributed by atoms with Gasteiger partial charge in [0.15, 0.2) is 5.10 Å². The Hall–Kier alpha value is -0.790. The van der Waals surface area contributed by atoms with Gasteiger partial charge in [0, 0.05) is 0 Å². The van der Waals surface area contributed by atoms with Crippen LogP contribution in [0.25, 0.3) is 0 Å². The van der Waals surface area contributed by atoms with Crippen molar-refractivity contribution in [3.8, 4) is 0 Å². The van der Waals surface area contributed by atoms with E-state index in [1.165, 1.54) is 37.0 Å². The van der Waals surface area contributed by atoms with E-state index in [1.807, 2.05) is 6.21 Å². The highest BCUT2D eigenvalue weighted by Crippen LogP contribution is 2.22. The minimum Gasteiger partial charge on any atom is -0.105 e. The van der Waals surface area contributed by atoms with Gasteiger partial charge in [0.05, 0.1) is 11.3 Å². The van der Waals surface area contributed by atoms with Crippen molar-refractivity contribution < 1.29 is 0 Å². The summed E-state index contributed by atoms with van der Waals surface area (Å²) in [5.41, 5.74) is 5.80. The van der Waals surface area contributed by atoms with Crippen LogP contribution in [0.3, 0.4) is 0 Å². The lowest BCUT2D eigenvalue weighted by Gasteiger charge is -2.06. The molecule has 9 heavy (non-hydrogen) atoms. The smallest absolute Gasteiger partial charge is 0.105 e. The summed E-state index contributed by atoms with van der Waals surface area (Å²) in [7, 11) is 0. The second-order valence-electron chi connectivity index (χ2n) is 2.58. The summed E-state index contributed by atoms with van der Waals surface area (Å²) < 4.78 is 0. The monoisotopic (exact) mass is 122 g/mol. The topological polar surface area (TPSA) is 26.1 Å². The van der Waals surface area contributed by atoms with E-state index < -0.39 is 0 Å². The van der Waals surface area contributed by atoms with Crippen molar-refractivity contribution >= 4 is 6.21 Å². The molecule has 0 bridgehead atoms. The highest BCUT2D eigenvalue weighted by atomic mass is 15.3. The maximum Gasteiger partial charge on any atom is 0.280 e. The highest BCUT2D eigenvalue weighted by molar-refractivity contribution is 5.80. The summed E-state index contributed by atoms with van der Waals surface area (Å²) in [6, 6.07) is 0. The van der Waals surface area contributed by atoms with E-state index in [-0.39, 0.29) is 0 Å². The van der Waals surface area contributed by atoms with E-state index in [0.717, 1.165) is 0 Å². The summed E-state index contributed by atoms with van der Waals surface area (Å²) in [4.78, 5) is 0. The van der Waals surface area contributed by atoms with Gasteiger partial charge in [-0.3, -0.25) is 0 Å². The van der Waals surface area contributed by atoms with Crippen LogP contribution >= 0.6 is 0 Å². The Morgan fingerprint density at radius 3 is 3.11 bits per heavy atom. The first-order chi connectivity index (χ1) is 4.47. The fraction of sp³-hybridized carbons (Fsp3) is 0.571. The molecule has 1 aliphatic heterocycles. The molecule has 2 rings (SSSR count). The number of hydrogen-bond acceptors (Lipinski definition) is 2. The van der Waals surface area contributed by atoms with Crippen molar-refractivity contribution in [2.24, 2.45) is 0 Å². The Bertz CT molecular complexity index is 179. The molecule has 47 valence electrons. The lowest BCUT2D eigenvalue weighted by molar-refractivity contribution is 0.644. The zero-order chi connectivity index (χ0) is 6.10. The largest absolute Gasteiger partial charge is 0.280 e. The fourth-order valence-corrected chi connectivity index (χ4v) is 1.39. The number of hydrogen-bond donors (Lipinski definition) is 1. The first-order valence-corrected chi connectivity index (χ1v) is 3.48. The van der Waals surface area contributed by atoms with E-state index in [4.69, 9.17) is 0 Å². The first kappa shape index (κ1) is 5.03. The maximum absolute atomic E-state index is 3.98. The van der Waals surface area contributed by atoms with Crippen LogP contribution < -0.4 is 10.5 Å². The molecular weight excluding hydrogens is 112 g/mol. The average molecular weight is 122 g/mol. The molecular formula is C7H10N2+. The summed E-state index contributed by atoms with van der Waals surface area (Å²) in [5, 5.41) is 3.98. The van der Waals surface area contributed by atoms with Crippen LogP contribution in [-0.4, -0.2) is 6.21 Å². The van der Waals surface area contributed by atoms with E-state index >= 15 is 0 Å². The van der Waals surface area contributed by atoms with E-state index in [0.29, 0.717) is 0 Å². The fourth-order valence-electron chi connectivity index (χ4n) is 1.39. The molecule has 2 nitrogen and oxygen atoms in total. The van der Waals surface area contributed by atoms with Crippen molar-refractivity contribution in [2.45, 2.75) is 25.7 Å². The molecule has 0 aromatic heterocycles. The van der Waals surface area contributed by atoms with Crippen LogP contribution in [0.4, 0.5) is 0 Å². The van der Waals surface area contributed by atoms with Crippen molar-refractivity contribution in [2.75, 3.05) is 0 Å². The normalized spacial score (nSPS) is 24.0. The van der Waals surface area contributed by atoms with Gasteiger partial charge < -0.3 is 0 Å². The molecule has 0 amide bonds. The molecule has 0 saturated carbocycles. The van der Waals surface area contributed by atoms with Gasteiger partial charge in [0.1, 0.15) is 0 Å². The van der Waals surface area contributed by atoms with Gasteiger partial charge in [-0.25, -0.2) is 0 Å². The summed E-state index contributed by atoms with van der Waals surface area (Å²) in [6.07, 6.45) is 7.05. The Morgan fingerprint density at radius 2 is 2.22 bits per heavy atom. The number of nitrogens with one attached hydrogen (secondary N) is 1. The van der Waals surface area contributed by atoms with Crippen molar-refractivity contribution in [3.05, 3.63) is 11.3 Å². The lowest BCUT2D eigenvalue weighted by atomic mass is 9.98. The van der Waals surface area contributed by atoms with Gasteiger partial charge in [0.25, 0.3) is 6.21 Å². The quantitative estimate of drug-likeness (QED) is 0.504. The highest BCUT2D eigenvalue weighted by Gasteiger charge is 2.21. The molecule has 2 aliphatic rings. The maximum atomic E-state index is 3.98. The first-order valence-electron chi connectivity index (χ1n) is 3.48. The minimum absolute atomic E-state index is 1.20. The molecule has 0 spiro atoms. The molecule has 0 aromatic rings. The van der Waals surface area contributed by atoms with Gasteiger partial charge in [-0.05, 0) is 25.7 Å². The van der Waals surface area contributed by atoms with Crippen molar-refractivity contribution in [3.63, 3.8) is 0 Å². The predicted octanol–water partition coefficient (Wildman–Crippen LogP) is 0.739. The molecule has 2 heteroatoms. The van der Waals surface area contributed by atoms with Gasteiger partial charge in [-0.1, -0.05) is 0 Å². The Labute approximate surface area is 54.6 Å². The van der Waals surface area contributed by atoms with Crippen LogP contribution in [0.15, 0.2) is 11.3 Å². The molecule has 1 aliphatic carbocycles. The molecule has 0 atom stereocenters. The summed E-state index contributed by atoms with van der Waals surface area (Å²) >= 11 is 0. The standard InChI is InChI=1S/C7H10N2/c1-2-4-7-6(3-1)5-8-9-7/h5,9H,1-4H2/q+1. The Morgan fingerprint density at radius 1 is 1.33 bits per heavy atom. The zero-order valence-corrected chi connectivity index (χ0v) is 5.35. The third-order valence-corrected chi connectivity index (χ3v) is 1.93. The summed E-state index contributed by atoms with van der Waals surface area (Å²) in [5.74, 6) is 0. The number of hydrazone groups is 1. The van der Waals surface area contributed by atoms with Gasteiger partial charge in [-0.2, -0.15) is 0 Å². The van der Waals surface area contributed by atoms with Crippen LogP contribution in [0, 0.1) is 0 Å². The van der Waals surface area contributed by atoms with Crippen LogP contribution in [0.5, 0.6) is 0 Å². The molecule has 0 unspecified atom stereocenters. The van der Waals surface area contributed by atoms with Crippen molar-refractivity contribution in [1.29, 1.82) is 0 Å². The molecule has 0 fully saturated rings. The van der Waals surface area contributed by atoms with E-state index in [2.05, 4.69) is 10.5 Å². The molecule has 0 aromatic carbocycles. The Kier molecular flexibility index (Phi) is 1.04. The lowest BCUT2D eigenvalue weighted by Crippen LogP contribution is -2.11. The zero-order valence-electron chi connectivity index (χ0n) is 5.35. The van der Waals surface area contributed by atoms with E-state index in [1.54, 1.807) is 0 Å². The van der Waals surface area contributed by atoms with Crippen LogP contribution in [0.2, 0.25) is 0 Å². The SMILES string of the molecule is C1=[N+]NC2=C1CCCC2. The molecule has 1 N–H and O–H groups in total. The third kappa shape index (κ3) is 0.745. The van der Waals surface area contributed by atoms with Crippen molar-refractivity contribution in [1.82, 2.24) is 10.5 Å². The second kappa shape index (κ2) is 1.87. The van der Waals surface area contributed by atoms with Crippen LogP contribution in [-0.2, 0) is 0 Å². The van der Waals surface area contributed by atoms with Gasteiger partial charge >= 0.3 is 0 Å². The average Bonchev–Trinajstić information content (AvgIpc) is 2.33. The number of rotatable bonds is 0. The Balaban J connectivity index is 2.24. The van der Waals surface area contributed by atoms with E-state index in [9.17, 15) is 0 Å². The van der Waals surface area contributed by atoms with Gasteiger partial charge in [0.2, 0.25) is 0 Å². The second-order valence-corrected chi connectivity index (χ2v) is 2.58. The number of nitrogens with zero attached hydrogens (tertiary/aromatic N) is 1. The van der Waals surface area contributed by atoms with Gasteiger partial charge in [-0.15, -0.1) is 5.43 Å². The molecule has 1 heterocycles. The summed E-state index contributed by atoms with van der Waals surface area (Å²) in [6.45, 7) is 0. The molecule has 1 radical (unpaired) electrons. The predicted molar refractivity (Wildman–Crippen MR) is 36.8 cm³/mol.